The van der Waals surface area contributed by atoms with Gasteiger partial charge in [0.2, 0.25) is 0 Å². The highest BCUT2D eigenvalue weighted by atomic mass is 16.6. The van der Waals surface area contributed by atoms with Gasteiger partial charge in [-0.05, 0) is 26.3 Å². The lowest BCUT2D eigenvalue weighted by Gasteiger charge is -2.21. The van der Waals surface area contributed by atoms with Gasteiger partial charge in [-0.15, -0.1) is 0 Å². The molecule has 1 aromatic carbocycles. The predicted octanol–water partition coefficient (Wildman–Crippen LogP) is 1.15. The fourth-order valence-corrected chi connectivity index (χ4v) is 2.33. The van der Waals surface area contributed by atoms with Gasteiger partial charge in [0.1, 0.15) is 11.6 Å². The van der Waals surface area contributed by atoms with Gasteiger partial charge in [-0.1, -0.05) is 30.3 Å². The second kappa shape index (κ2) is 13.1. The molecule has 1 aromatic heterocycles. The van der Waals surface area contributed by atoms with Crippen molar-refractivity contribution in [1.82, 2.24) is 20.6 Å². The summed E-state index contributed by atoms with van der Waals surface area (Å²) in [6.45, 7) is 4.82. The molecule has 0 aliphatic rings. The Hall–Kier alpha value is -3.44. The average molecular weight is 450 g/mol. The number of hydrogen-bond acceptors (Lipinski definition) is 7. The third-order valence-corrected chi connectivity index (χ3v) is 3.83. The molecule has 6 N–H and O–H groups in total. The smallest absolute Gasteiger partial charge is 0.408 e. The third kappa shape index (κ3) is 11.1. The van der Waals surface area contributed by atoms with E-state index in [-0.39, 0.29) is 0 Å². The topological polar surface area (TPSA) is 174 Å². The number of nitrogens with one attached hydrogen (secondary N) is 3. The van der Waals surface area contributed by atoms with Gasteiger partial charge in [0, 0.05) is 19.2 Å². The van der Waals surface area contributed by atoms with Gasteiger partial charge in [0.05, 0.1) is 18.6 Å². The van der Waals surface area contributed by atoms with Crippen LogP contribution in [0.4, 0.5) is 4.79 Å². The zero-order valence-corrected chi connectivity index (χ0v) is 18.2. The summed E-state index contributed by atoms with van der Waals surface area (Å²) in [7, 11) is 0. The zero-order valence-electron chi connectivity index (χ0n) is 18.2. The summed E-state index contributed by atoms with van der Waals surface area (Å²) >= 11 is 0. The van der Waals surface area contributed by atoms with Gasteiger partial charge in [-0.2, -0.15) is 0 Å². The zero-order chi connectivity index (χ0) is 24.1. The van der Waals surface area contributed by atoms with Crippen LogP contribution in [0.15, 0.2) is 42.9 Å². The quantitative estimate of drug-likeness (QED) is 0.327. The van der Waals surface area contributed by atoms with E-state index in [1.165, 1.54) is 0 Å². The summed E-state index contributed by atoms with van der Waals surface area (Å²) in [4.78, 5) is 39.4. The van der Waals surface area contributed by atoms with E-state index < -0.39 is 42.3 Å². The molecule has 0 spiro atoms. The molecule has 0 aliphatic carbocycles. The molecule has 0 unspecified atom stereocenters. The van der Waals surface area contributed by atoms with Crippen molar-refractivity contribution in [3.05, 3.63) is 54.1 Å². The van der Waals surface area contributed by atoms with E-state index in [4.69, 9.17) is 20.1 Å². The summed E-state index contributed by atoms with van der Waals surface area (Å²) in [5, 5.41) is 31.3. The first-order chi connectivity index (χ1) is 15.0. The van der Waals surface area contributed by atoms with Crippen LogP contribution >= 0.6 is 0 Å². The number of amides is 1. The number of ether oxygens (including phenoxy) is 1. The molecule has 0 aliphatic heterocycles. The number of aromatic amines is 1. The average Bonchev–Trinajstić information content (AvgIpc) is 3.22. The molecule has 0 bridgehead atoms. The molecular formula is C21H30N4O7. The Kier molecular flexibility index (Phi) is 10.9. The maximum Gasteiger partial charge on any atom is 0.408 e. The molecule has 0 fully saturated rings. The Balaban J connectivity index is 0.000000333. The van der Waals surface area contributed by atoms with Gasteiger partial charge in [0.25, 0.3) is 0 Å². The number of rotatable bonds is 9. The number of nitrogens with zero attached hydrogens (tertiary/aromatic N) is 1. The van der Waals surface area contributed by atoms with Crippen LogP contribution < -0.4 is 10.6 Å². The minimum atomic E-state index is -1.33. The predicted molar refractivity (Wildman–Crippen MR) is 115 cm³/mol. The number of carbonyl (C=O) groups excluding carboxylic acids is 1. The summed E-state index contributed by atoms with van der Waals surface area (Å²) < 4.78 is 4.80. The maximum absolute atomic E-state index is 11.1. The monoisotopic (exact) mass is 450 g/mol. The fourth-order valence-electron chi connectivity index (χ4n) is 2.33. The highest BCUT2D eigenvalue weighted by Crippen LogP contribution is 2.06. The number of carboxylic acid groups (broad SMARTS) is 2. The number of aliphatic hydroxyl groups is 1. The van der Waals surface area contributed by atoms with E-state index >= 15 is 0 Å². The fraction of sp³-hybridized carbons (Fsp3) is 0.429. The van der Waals surface area contributed by atoms with Crippen LogP contribution in [0.3, 0.4) is 0 Å². The molecule has 2 atom stereocenters. The number of H-pyrrole nitrogens is 1. The molecule has 2 aromatic rings. The van der Waals surface area contributed by atoms with Crippen LogP contribution in [0.25, 0.3) is 0 Å². The second-order valence-corrected chi connectivity index (χ2v) is 7.74. The molecule has 0 saturated carbocycles. The third-order valence-electron chi connectivity index (χ3n) is 3.83. The first-order valence-electron chi connectivity index (χ1n) is 9.82. The number of alkyl carbamates (subject to hydrolysis) is 1. The molecule has 32 heavy (non-hydrogen) atoms. The van der Waals surface area contributed by atoms with E-state index in [0.717, 1.165) is 11.3 Å². The van der Waals surface area contributed by atoms with Crippen LogP contribution in [-0.2, 0) is 27.3 Å². The molecule has 2 rings (SSSR count). The van der Waals surface area contributed by atoms with Crippen LogP contribution in [0, 0.1) is 0 Å². The van der Waals surface area contributed by atoms with Crippen LogP contribution in [0.5, 0.6) is 0 Å². The number of aliphatic carboxylic acids is 2. The number of hydrogen-bond donors (Lipinski definition) is 6. The van der Waals surface area contributed by atoms with E-state index in [1.807, 2.05) is 35.6 Å². The molecule has 0 saturated heterocycles. The van der Waals surface area contributed by atoms with Crippen molar-refractivity contribution >= 4 is 18.0 Å². The minimum Gasteiger partial charge on any atom is -0.480 e. The molecule has 1 heterocycles. The van der Waals surface area contributed by atoms with Crippen molar-refractivity contribution in [2.75, 3.05) is 6.61 Å². The van der Waals surface area contributed by atoms with Crippen molar-refractivity contribution in [2.24, 2.45) is 0 Å². The normalized spacial score (nSPS) is 12.6. The summed E-state index contributed by atoms with van der Waals surface area (Å²) in [5.74, 6) is -2.17. The standard InChI is InChI=1S/C13H15N3O2.C8H15NO5/c17-13(18)12(6-11-8-14-9-16-11)15-7-10-4-2-1-3-5-10;1-8(2,3)14-7(13)9-5(4-10)6(11)12/h1-5,8-9,12,15H,6-7H2,(H,14,16)(H,17,18);5,10H,4H2,1-3H3,(H,9,13)(H,11,12)/t12-;5-/m00/s1. The van der Waals surface area contributed by atoms with Crippen LogP contribution in [0.1, 0.15) is 32.0 Å². The van der Waals surface area contributed by atoms with E-state index in [9.17, 15) is 14.4 Å². The van der Waals surface area contributed by atoms with Crippen molar-refractivity contribution in [1.29, 1.82) is 0 Å². The van der Waals surface area contributed by atoms with Gasteiger partial charge in [-0.25, -0.2) is 14.6 Å². The lowest BCUT2D eigenvalue weighted by molar-refractivity contribution is -0.141. The number of aliphatic hydroxyl groups excluding tert-OH is 1. The van der Waals surface area contributed by atoms with Crippen molar-refractivity contribution in [3.63, 3.8) is 0 Å². The first-order valence-corrected chi connectivity index (χ1v) is 9.82. The Morgan fingerprint density at radius 1 is 1.09 bits per heavy atom. The molecule has 11 heteroatoms. The number of imidazole rings is 1. The van der Waals surface area contributed by atoms with Gasteiger partial charge in [0.15, 0.2) is 6.04 Å². The van der Waals surface area contributed by atoms with E-state index in [1.54, 1.807) is 33.3 Å². The molecular weight excluding hydrogens is 420 g/mol. The number of carbonyl (C=O) groups is 3. The van der Waals surface area contributed by atoms with Crippen LogP contribution in [-0.4, -0.2) is 67.6 Å². The Bertz CT molecular complexity index is 836. The van der Waals surface area contributed by atoms with Gasteiger partial charge in [-0.3, -0.25) is 10.1 Å². The van der Waals surface area contributed by atoms with E-state index in [2.05, 4.69) is 15.3 Å². The van der Waals surface area contributed by atoms with Crippen molar-refractivity contribution in [3.8, 4) is 0 Å². The molecule has 0 radical (unpaired) electrons. The van der Waals surface area contributed by atoms with Gasteiger partial charge >= 0.3 is 18.0 Å². The second-order valence-electron chi connectivity index (χ2n) is 7.74. The Labute approximate surface area is 185 Å². The molecule has 176 valence electrons. The Morgan fingerprint density at radius 2 is 1.72 bits per heavy atom. The highest BCUT2D eigenvalue weighted by Gasteiger charge is 2.23. The molecule has 11 nitrogen and oxygen atoms in total. The van der Waals surface area contributed by atoms with Crippen molar-refractivity contribution in [2.45, 2.75) is 51.4 Å². The number of carboxylic acids is 2. The van der Waals surface area contributed by atoms with E-state index in [0.29, 0.717) is 13.0 Å². The van der Waals surface area contributed by atoms with Crippen LogP contribution in [0.2, 0.25) is 0 Å². The highest BCUT2D eigenvalue weighted by molar-refractivity contribution is 5.80. The number of benzene rings is 1. The minimum absolute atomic E-state index is 0.367. The summed E-state index contributed by atoms with van der Waals surface area (Å²) in [5.41, 5.74) is 1.11. The lowest BCUT2D eigenvalue weighted by atomic mass is 10.1. The largest absolute Gasteiger partial charge is 0.480 e. The Morgan fingerprint density at radius 3 is 2.19 bits per heavy atom. The molecule has 1 amide bonds. The SMILES string of the molecule is CC(C)(C)OC(=O)N[C@@H](CO)C(=O)O.O=C(O)[C@H](Cc1c[nH]cn1)NCc1ccccc1. The lowest BCUT2D eigenvalue weighted by Crippen LogP contribution is -2.45. The number of aromatic nitrogens is 2. The summed E-state index contributed by atoms with van der Waals surface area (Å²) in [6.07, 6.45) is 2.76. The van der Waals surface area contributed by atoms with Gasteiger partial charge < -0.3 is 30.4 Å². The first kappa shape index (κ1) is 26.6. The summed E-state index contributed by atoms with van der Waals surface area (Å²) in [6, 6.07) is 7.75. The van der Waals surface area contributed by atoms with Crippen molar-refractivity contribution < 1.29 is 34.4 Å². The maximum atomic E-state index is 11.1.